The molecule has 1 saturated carbocycles. The van der Waals surface area contributed by atoms with Crippen LogP contribution in [-0.2, 0) is 20.9 Å². The SMILES string of the molecule is C[C@]1(CCC(=O)OCc2ccccc2)CCCCC1=O. The fraction of sp³-hybridized carbons (Fsp3) is 0.529. The third-order valence-electron chi connectivity index (χ3n) is 4.18. The van der Waals surface area contributed by atoms with E-state index in [2.05, 4.69) is 0 Å². The maximum atomic E-state index is 12.0. The Bertz CT molecular complexity index is 466. The van der Waals surface area contributed by atoms with E-state index >= 15 is 0 Å². The predicted octanol–water partition coefficient (Wildman–Crippen LogP) is 3.66. The van der Waals surface area contributed by atoms with Crippen molar-refractivity contribution in [1.29, 1.82) is 0 Å². The Morgan fingerprint density at radius 3 is 2.70 bits per heavy atom. The lowest BCUT2D eigenvalue weighted by Gasteiger charge is -2.31. The zero-order chi connectivity index (χ0) is 14.4. The normalized spacial score (nSPS) is 22.6. The number of benzene rings is 1. The van der Waals surface area contributed by atoms with E-state index in [1.54, 1.807) is 0 Å². The molecule has 0 aliphatic heterocycles. The van der Waals surface area contributed by atoms with Gasteiger partial charge in [0.1, 0.15) is 12.4 Å². The van der Waals surface area contributed by atoms with Crippen molar-refractivity contribution < 1.29 is 14.3 Å². The largest absolute Gasteiger partial charge is 0.461 e. The van der Waals surface area contributed by atoms with Crippen LogP contribution < -0.4 is 0 Å². The van der Waals surface area contributed by atoms with Gasteiger partial charge >= 0.3 is 5.97 Å². The zero-order valence-corrected chi connectivity index (χ0v) is 12.1. The van der Waals surface area contributed by atoms with Crippen LogP contribution in [0.1, 0.15) is 51.0 Å². The lowest BCUT2D eigenvalue weighted by molar-refractivity contribution is -0.146. The summed E-state index contributed by atoms with van der Waals surface area (Å²) in [5, 5.41) is 0. The van der Waals surface area contributed by atoms with Gasteiger partial charge in [0, 0.05) is 18.3 Å². The summed E-state index contributed by atoms with van der Waals surface area (Å²) in [6.07, 6.45) is 4.58. The van der Waals surface area contributed by atoms with Crippen molar-refractivity contribution in [2.24, 2.45) is 5.41 Å². The quantitative estimate of drug-likeness (QED) is 0.770. The fourth-order valence-electron chi connectivity index (χ4n) is 2.69. The van der Waals surface area contributed by atoms with Crippen molar-refractivity contribution in [3.8, 4) is 0 Å². The number of esters is 1. The summed E-state index contributed by atoms with van der Waals surface area (Å²) in [4.78, 5) is 23.7. The summed E-state index contributed by atoms with van der Waals surface area (Å²) >= 11 is 0. The standard InChI is InChI=1S/C17H22O3/c1-17(11-6-5-9-15(17)18)12-10-16(19)20-13-14-7-3-2-4-8-14/h2-4,7-8H,5-6,9-13H2,1H3/t17-/m1/s1. The number of ether oxygens (including phenoxy) is 1. The van der Waals surface area contributed by atoms with Gasteiger partial charge in [-0.1, -0.05) is 43.7 Å². The van der Waals surface area contributed by atoms with Crippen LogP contribution in [0.15, 0.2) is 30.3 Å². The number of hydrogen-bond donors (Lipinski definition) is 0. The minimum atomic E-state index is -0.315. The summed E-state index contributed by atoms with van der Waals surface area (Å²) in [6.45, 7) is 2.29. The maximum Gasteiger partial charge on any atom is 0.306 e. The van der Waals surface area contributed by atoms with Crippen LogP contribution in [0, 0.1) is 5.41 Å². The molecule has 0 saturated heterocycles. The van der Waals surface area contributed by atoms with Crippen LogP contribution in [0.2, 0.25) is 0 Å². The smallest absolute Gasteiger partial charge is 0.306 e. The second-order valence-electron chi connectivity index (χ2n) is 5.84. The molecule has 1 aromatic rings. The highest BCUT2D eigenvalue weighted by Gasteiger charge is 2.35. The number of rotatable bonds is 5. The third kappa shape index (κ3) is 3.92. The Morgan fingerprint density at radius 1 is 1.25 bits per heavy atom. The van der Waals surface area contributed by atoms with Gasteiger partial charge < -0.3 is 4.74 Å². The molecule has 0 heterocycles. The van der Waals surface area contributed by atoms with E-state index < -0.39 is 0 Å². The molecule has 1 aromatic carbocycles. The minimum Gasteiger partial charge on any atom is -0.461 e. The Hall–Kier alpha value is -1.64. The van der Waals surface area contributed by atoms with E-state index in [9.17, 15) is 9.59 Å². The molecule has 1 fully saturated rings. The molecular weight excluding hydrogens is 252 g/mol. The van der Waals surface area contributed by atoms with E-state index in [1.807, 2.05) is 37.3 Å². The monoisotopic (exact) mass is 274 g/mol. The molecule has 0 N–H and O–H groups in total. The first kappa shape index (κ1) is 14.8. The number of hydrogen-bond acceptors (Lipinski definition) is 3. The molecule has 108 valence electrons. The van der Waals surface area contributed by atoms with E-state index in [0.29, 0.717) is 31.7 Å². The van der Waals surface area contributed by atoms with Gasteiger partial charge in [-0.05, 0) is 24.8 Å². The maximum absolute atomic E-state index is 12.0. The van der Waals surface area contributed by atoms with Crippen LogP contribution in [0.25, 0.3) is 0 Å². The van der Waals surface area contributed by atoms with Gasteiger partial charge in [-0.2, -0.15) is 0 Å². The molecule has 1 aliphatic rings. The van der Waals surface area contributed by atoms with Crippen LogP contribution >= 0.6 is 0 Å². The summed E-state index contributed by atoms with van der Waals surface area (Å²) in [5.74, 6) is 0.0908. The van der Waals surface area contributed by atoms with E-state index in [4.69, 9.17) is 4.74 Å². The summed E-state index contributed by atoms with van der Waals surface area (Å²) in [5.41, 5.74) is 0.671. The first-order valence-corrected chi connectivity index (χ1v) is 7.33. The molecule has 3 nitrogen and oxygen atoms in total. The second kappa shape index (κ2) is 6.69. The summed E-state index contributed by atoms with van der Waals surface area (Å²) < 4.78 is 5.25. The molecule has 0 unspecified atom stereocenters. The lowest BCUT2D eigenvalue weighted by atomic mass is 9.72. The van der Waals surface area contributed by atoms with Crippen molar-refractivity contribution in [3.63, 3.8) is 0 Å². The van der Waals surface area contributed by atoms with Gasteiger partial charge in [0.15, 0.2) is 0 Å². The average Bonchev–Trinajstić information content (AvgIpc) is 2.47. The summed E-state index contributed by atoms with van der Waals surface area (Å²) in [7, 11) is 0. The average molecular weight is 274 g/mol. The molecule has 0 amide bonds. The van der Waals surface area contributed by atoms with E-state index in [1.165, 1.54) is 0 Å². The van der Waals surface area contributed by atoms with Gasteiger partial charge in [-0.15, -0.1) is 0 Å². The highest BCUT2D eigenvalue weighted by atomic mass is 16.5. The number of ketones is 1. The van der Waals surface area contributed by atoms with Crippen LogP contribution in [0.5, 0.6) is 0 Å². The second-order valence-corrected chi connectivity index (χ2v) is 5.84. The van der Waals surface area contributed by atoms with Crippen molar-refractivity contribution in [1.82, 2.24) is 0 Å². The first-order valence-electron chi connectivity index (χ1n) is 7.33. The highest BCUT2D eigenvalue weighted by molar-refractivity contribution is 5.85. The molecule has 0 spiro atoms. The fourth-order valence-corrected chi connectivity index (χ4v) is 2.69. The number of Topliss-reactive ketones (excluding diaryl/α,β-unsaturated/α-hetero) is 1. The zero-order valence-electron chi connectivity index (χ0n) is 12.1. The van der Waals surface area contributed by atoms with Crippen LogP contribution in [0.4, 0.5) is 0 Å². The van der Waals surface area contributed by atoms with Crippen molar-refractivity contribution in [2.45, 2.75) is 52.1 Å². The molecular formula is C17H22O3. The van der Waals surface area contributed by atoms with Crippen molar-refractivity contribution in [3.05, 3.63) is 35.9 Å². The molecule has 1 atom stereocenters. The molecule has 2 rings (SSSR count). The Kier molecular flexibility index (Phi) is 4.94. The van der Waals surface area contributed by atoms with Gasteiger partial charge in [0.25, 0.3) is 0 Å². The van der Waals surface area contributed by atoms with Crippen LogP contribution in [0.3, 0.4) is 0 Å². The molecule has 1 aliphatic carbocycles. The molecule has 0 aromatic heterocycles. The molecule has 0 radical (unpaired) electrons. The molecule has 3 heteroatoms. The summed E-state index contributed by atoms with van der Waals surface area (Å²) in [6, 6.07) is 9.63. The van der Waals surface area contributed by atoms with Gasteiger partial charge in [-0.25, -0.2) is 0 Å². The molecule has 0 bridgehead atoms. The van der Waals surface area contributed by atoms with Crippen molar-refractivity contribution in [2.75, 3.05) is 0 Å². The number of carbonyl (C=O) groups excluding carboxylic acids is 2. The number of carbonyl (C=O) groups is 2. The van der Waals surface area contributed by atoms with Gasteiger partial charge in [-0.3, -0.25) is 9.59 Å². The predicted molar refractivity (Wildman–Crippen MR) is 77.1 cm³/mol. The van der Waals surface area contributed by atoms with E-state index in [0.717, 1.165) is 24.8 Å². The lowest BCUT2D eigenvalue weighted by Crippen LogP contribution is -2.31. The highest BCUT2D eigenvalue weighted by Crippen LogP contribution is 2.36. The van der Waals surface area contributed by atoms with E-state index in [-0.39, 0.29) is 11.4 Å². The Labute approximate surface area is 120 Å². The van der Waals surface area contributed by atoms with Crippen molar-refractivity contribution >= 4 is 11.8 Å². The Balaban J connectivity index is 1.76. The third-order valence-corrected chi connectivity index (χ3v) is 4.18. The Morgan fingerprint density at radius 2 is 2.00 bits per heavy atom. The van der Waals surface area contributed by atoms with Gasteiger partial charge in [0.05, 0.1) is 0 Å². The van der Waals surface area contributed by atoms with Crippen LogP contribution in [-0.4, -0.2) is 11.8 Å². The topological polar surface area (TPSA) is 43.4 Å². The minimum absolute atomic E-state index is 0.214. The first-order chi connectivity index (χ1) is 9.60. The van der Waals surface area contributed by atoms with Gasteiger partial charge in [0.2, 0.25) is 0 Å². The molecule has 20 heavy (non-hydrogen) atoms.